The largest absolute Gasteiger partial charge is 0.505 e. The van der Waals surface area contributed by atoms with E-state index in [-0.39, 0.29) is 23.3 Å². The van der Waals surface area contributed by atoms with E-state index < -0.39 is 11.7 Å². The molecule has 0 heterocycles. The molecule has 0 unspecified atom stereocenters. The van der Waals surface area contributed by atoms with Crippen LogP contribution >= 0.6 is 0 Å². The Labute approximate surface area is 117 Å². The van der Waals surface area contributed by atoms with E-state index in [1.165, 1.54) is 18.2 Å². The fourth-order valence-electron chi connectivity index (χ4n) is 2.08. The highest BCUT2D eigenvalue weighted by Crippen LogP contribution is 2.30. The molecular formula is C14H18N2O4. The first-order valence-corrected chi connectivity index (χ1v) is 6.67. The number of urea groups is 1. The number of phenols is 1. The van der Waals surface area contributed by atoms with Crippen LogP contribution in [0.15, 0.2) is 18.2 Å². The summed E-state index contributed by atoms with van der Waals surface area (Å²) >= 11 is 0. The van der Waals surface area contributed by atoms with E-state index in [4.69, 9.17) is 5.11 Å². The normalized spacial score (nSPS) is 13.8. The zero-order chi connectivity index (χ0) is 14.7. The molecule has 0 atom stereocenters. The van der Waals surface area contributed by atoms with Crippen molar-refractivity contribution in [1.29, 1.82) is 0 Å². The summed E-state index contributed by atoms with van der Waals surface area (Å²) in [5.41, 5.74) is -0.104. The van der Waals surface area contributed by atoms with Gasteiger partial charge in [0.05, 0.1) is 5.69 Å². The number of aromatic carboxylic acids is 1. The van der Waals surface area contributed by atoms with Crippen LogP contribution in [0, 0.1) is 0 Å². The van der Waals surface area contributed by atoms with Gasteiger partial charge in [0, 0.05) is 12.6 Å². The van der Waals surface area contributed by atoms with Crippen molar-refractivity contribution >= 4 is 17.7 Å². The van der Waals surface area contributed by atoms with Gasteiger partial charge in [-0.25, -0.2) is 9.59 Å². The molecule has 1 saturated carbocycles. The number of hydrogen-bond acceptors (Lipinski definition) is 3. The second kappa shape index (κ2) is 5.81. The topological polar surface area (TPSA) is 89.9 Å². The molecule has 0 aromatic heterocycles. The van der Waals surface area contributed by atoms with Gasteiger partial charge in [-0.05, 0) is 31.4 Å². The Balaban J connectivity index is 2.14. The molecule has 1 aromatic carbocycles. The van der Waals surface area contributed by atoms with Gasteiger partial charge < -0.3 is 20.4 Å². The summed E-state index contributed by atoms with van der Waals surface area (Å²) in [7, 11) is 0. The average molecular weight is 278 g/mol. The maximum Gasteiger partial charge on any atom is 0.339 e. The van der Waals surface area contributed by atoms with Crippen LogP contribution < -0.4 is 5.32 Å². The Kier molecular flexibility index (Phi) is 4.12. The monoisotopic (exact) mass is 278 g/mol. The van der Waals surface area contributed by atoms with Crippen molar-refractivity contribution in [3.05, 3.63) is 23.8 Å². The first-order valence-electron chi connectivity index (χ1n) is 6.67. The van der Waals surface area contributed by atoms with Crippen LogP contribution in [0.1, 0.15) is 36.5 Å². The molecule has 0 radical (unpaired) electrons. The van der Waals surface area contributed by atoms with Gasteiger partial charge in [0.1, 0.15) is 5.56 Å². The highest BCUT2D eigenvalue weighted by atomic mass is 16.4. The number of carboxylic acids is 1. The number of aromatic hydroxyl groups is 1. The number of para-hydroxylation sites is 1. The number of carboxylic acid groups (broad SMARTS) is 1. The first-order chi connectivity index (χ1) is 9.54. The zero-order valence-electron chi connectivity index (χ0n) is 11.3. The second-order valence-electron chi connectivity index (χ2n) is 4.86. The Bertz CT molecular complexity index is 526. The summed E-state index contributed by atoms with van der Waals surface area (Å²) in [5.74, 6) is -1.65. The van der Waals surface area contributed by atoms with E-state index in [9.17, 15) is 14.7 Å². The van der Waals surface area contributed by atoms with Crippen molar-refractivity contribution in [2.45, 2.75) is 32.2 Å². The number of hydrogen-bond donors (Lipinski definition) is 3. The van der Waals surface area contributed by atoms with Crippen molar-refractivity contribution in [2.24, 2.45) is 0 Å². The Morgan fingerprint density at radius 1 is 1.40 bits per heavy atom. The van der Waals surface area contributed by atoms with Crippen molar-refractivity contribution in [2.75, 3.05) is 11.9 Å². The molecule has 6 heteroatoms. The van der Waals surface area contributed by atoms with Gasteiger partial charge in [-0.3, -0.25) is 0 Å². The number of rotatable bonds is 5. The van der Waals surface area contributed by atoms with E-state index in [1.54, 1.807) is 4.90 Å². The van der Waals surface area contributed by atoms with E-state index >= 15 is 0 Å². The molecule has 1 fully saturated rings. The summed E-state index contributed by atoms with van der Waals surface area (Å²) in [6, 6.07) is 4.22. The van der Waals surface area contributed by atoms with Crippen LogP contribution in [0.3, 0.4) is 0 Å². The third-order valence-electron chi connectivity index (χ3n) is 3.22. The Morgan fingerprint density at radius 2 is 2.10 bits per heavy atom. The van der Waals surface area contributed by atoms with E-state index in [0.29, 0.717) is 6.54 Å². The molecule has 1 aromatic rings. The molecular weight excluding hydrogens is 260 g/mol. The molecule has 2 amide bonds. The number of anilines is 1. The van der Waals surface area contributed by atoms with Crippen LogP contribution in [-0.4, -0.2) is 39.7 Å². The third-order valence-corrected chi connectivity index (χ3v) is 3.22. The zero-order valence-corrected chi connectivity index (χ0v) is 11.3. The van der Waals surface area contributed by atoms with Gasteiger partial charge in [0.15, 0.2) is 5.75 Å². The summed E-state index contributed by atoms with van der Waals surface area (Å²) in [5, 5.41) is 21.4. The number of amides is 2. The number of nitrogens with one attached hydrogen (secondary N) is 1. The van der Waals surface area contributed by atoms with Gasteiger partial charge in [-0.2, -0.15) is 0 Å². The SMILES string of the molecule is CCCN(C(=O)Nc1cccc(C(=O)O)c1O)C1CC1. The van der Waals surface area contributed by atoms with Gasteiger partial charge in [0.25, 0.3) is 0 Å². The van der Waals surface area contributed by atoms with E-state index in [1.807, 2.05) is 6.92 Å². The highest BCUT2D eigenvalue weighted by Gasteiger charge is 2.32. The maximum absolute atomic E-state index is 12.2. The first kappa shape index (κ1) is 14.2. The standard InChI is InChI=1S/C14H18N2O4/c1-2-8-16(9-6-7-9)14(20)15-11-5-3-4-10(12(11)17)13(18)19/h3-5,9,17H,2,6-8H2,1H3,(H,15,20)(H,18,19). The van der Waals surface area contributed by atoms with Gasteiger partial charge in [-0.1, -0.05) is 13.0 Å². The minimum atomic E-state index is -1.23. The van der Waals surface area contributed by atoms with Crippen molar-refractivity contribution in [3.63, 3.8) is 0 Å². The Morgan fingerprint density at radius 3 is 2.65 bits per heavy atom. The molecule has 2 rings (SSSR count). The average Bonchev–Trinajstić information content (AvgIpc) is 3.22. The molecule has 1 aliphatic carbocycles. The van der Waals surface area contributed by atoms with E-state index in [0.717, 1.165) is 19.3 Å². The Hall–Kier alpha value is -2.24. The molecule has 1 aliphatic rings. The van der Waals surface area contributed by atoms with Crippen LogP contribution in [0.5, 0.6) is 5.75 Å². The molecule has 108 valence electrons. The fourth-order valence-corrected chi connectivity index (χ4v) is 2.08. The lowest BCUT2D eigenvalue weighted by molar-refractivity contribution is 0.0693. The molecule has 0 saturated heterocycles. The summed E-state index contributed by atoms with van der Waals surface area (Å²) < 4.78 is 0. The summed E-state index contributed by atoms with van der Waals surface area (Å²) in [6.07, 6.45) is 2.84. The van der Waals surface area contributed by atoms with Crippen LogP contribution in [0.4, 0.5) is 10.5 Å². The van der Waals surface area contributed by atoms with E-state index in [2.05, 4.69) is 5.32 Å². The smallest absolute Gasteiger partial charge is 0.339 e. The number of benzene rings is 1. The molecule has 20 heavy (non-hydrogen) atoms. The van der Waals surface area contributed by atoms with Crippen LogP contribution in [0.2, 0.25) is 0 Å². The lowest BCUT2D eigenvalue weighted by Gasteiger charge is -2.22. The second-order valence-corrected chi connectivity index (χ2v) is 4.86. The van der Waals surface area contributed by atoms with Gasteiger partial charge >= 0.3 is 12.0 Å². The number of carbonyl (C=O) groups is 2. The number of carbonyl (C=O) groups excluding carboxylic acids is 1. The van der Waals surface area contributed by atoms with Gasteiger partial charge in [-0.15, -0.1) is 0 Å². The lowest BCUT2D eigenvalue weighted by Crippen LogP contribution is -2.37. The third kappa shape index (κ3) is 3.01. The molecule has 3 N–H and O–H groups in total. The van der Waals surface area contributed by atoms with Crippen molar-refractivity contribution in [3.8, 4) is 5.75 Å². The maximum atomic E-state index is 12.2. The van der Waals surface area contributed by atoms with Crippen LogP contribution in [-0.2, 0) is 0 Å². The van der Waals surface area contributed by atoms with Gasteiger partial charge in [0.2, 0.25) is 0 Å². The lowest BCUT2D eigenvalue weighted by atomic mass is 10.1. The highest BCUT2D eigenvalue weighted by molar-refractivity contribution is 5.97. The molecule has 0 aliphatic heterocycles. The van der Waals surface area contributed by atoms with Crippen molar-refractivity contribution < 1.29 is 19.8 Å². The fraction of sp³-hybridized carbons (Fsp3) is 0.429. The minimum Gasteiger partial charge on any atom is -0.505 e. The predicted molar refractivity (Wildman–Crippen MR) is 74.1 cm³/mol. The molecule has 0 bridgehead atoms. The quantitative estimate of drug-likeness (QED) is 0.722. The van der Waals surface area contributed by atoms with Crippen LogP contribution in [0.25, 0.3) is 0 Å². The molecule has 6 nitrogen and oxygen atoms in total. The van der Waals surface area contributed by atoms with Crippen molar-refractivity contribution in [1.82, 2.24) is 4.90 Å². The summed E-state index contributed by atoms with van der Waals surface area (Å²) in [4.78, 5) is 24.8. The predicted octanol–water partition coefficient (Wildman–Crippen LogP) is 2.50. The summed E-state index contributed by atoms with van der Waals surface area (Å²) in [6.45, 7) is 2.64. The molecule has 0 spiro atoms. The number of nitrogens with zero attached hydrogens (tertiary/aromatic N) is 1. The minimum absolute atomic E-state index is 0.122.